The van der Waals surface area contributed by atoms with Crippen LogP contribution in [-0.2, 0) is 14.3 Å². The smallest absolute Gasteiger partial charge is 0.337 e. The third kappa shape index (κ3) is 5.53. The Kier molecular flexibility index (Phi) is 7.67. The Morgan fingerprint density at radius 1 is 0.950 bits per heavy atom. The second kappa shape index (κ2) is 11.1. The first kappa shape index (κ1) is 27.6. The van der Waals surface area contributed by atoms with Crippen LogP contribution in [0.3, 0.4) is 0 Å². The van der Waals surface area contributed by atoms with E-state index in [9.17, 15) is 39.4 Å². The Morgan fingerprint density at radius 2 is 1.62 bits per heavy atom. The number of rotatable bonds is 7. The van der Waals surface area contributed by atoms with Crippen LogP contribution >= 0.6 is 15.9 Å². The molecule has 0 atom stereocenters. The molecular weight excluding hydrogens is 596 g/mol. The summed E-state index contributed by atoms with van der Waals surface area (Å²) in [6, 6.07) is 11.6. The molecule has 0 aliphatic carbocycles. The van der Waals surface area contributed by atoms with Crippen LogP contribution in [0.1, 0.15) is 15.9 Å². The first-order valence-electron chi connectivity index (χ1n) is 11.0. The Labute approximate surface area is 232 Å². The van der Waals surface area contributed by atoms with Crippen molar-refractivity contribution in [2.45, 2.75) is 0 Å². The van der Waals surface area contributed by atoms with E-state index in [0.29, 0.717) is 5.56 Å². The highest BCUT2D eigenvalue weighted by Gasteiger charge is 2.37. The van der Waals surface area contributed by atoms with Crippen LogP contribution in [0, 0.1) is 20.2 Å². The second-order valence-electron chi connectivity index (χ2n) is 7.95. The van der Waals surface area contributed by atoms with E-state index in [-0.39, 0.29) is 32.8 Å². The molecule has 1 N–H and O–H groups in total. The molecule has 0 bridgehead atoms. The van der Waals surface area contributed by atoms with Crippen molar-refractivity contribution in [2.24, 2.45) is 0 Å². The average molecular weight is 611 g/mol. The molecule has 4 amide bonds. The summed E-state index contributed by atoms with van der Waals surface area (Å²) in [4.78, 5) is 71.2. The number of anilines is 1. The topological polar surface area (TPSA) is 188 Å². The SMILES string of the molecule is COC(=O)c1ccc(N2C(=O)NC(=O)/C(=C\c3ccc(Oc4ccc([N+](=O)[O-])cc4[N+](=O)[O-])c(Br)c3)C2=O)cc1. The maximum Gasteiger partial charge on any atom is 0.337 e. The highest BCUT2D eigenvalue weighted by molar-refractivity contribution is 9.10. The molecule has 1 heterocycles. The molecule has 40 heavy (non-hydrogen) atoms. The van der Waals surface area contributed by atoms with Gasteiger partial charge in [0, 0.05) is 6.07 Å². The van der Waals surface area contributed by atoms with E-state index in [1.54, 1.807) is 0 Å². The molecule has 1 aliphatic rings. The van der Waals surface area contributed by atoms with Crippen molar-refractivity contribution < 1.29 is 38.5 Å². The molecule has 4 rings (SSSR count). The zero-order valence-electron chi connectivity index (χ0n) is 20.2. The minimum atomic E-state index is -0.979. The maximum atomic E-state index is 13.1. The minimum Gasteiger partial charge on any atom is -0.465 e. The third-order valence-corrected chi connectivity index (χ3v) is 6.10. The fraction of sp³-hybridized carbons (Fsp3) is 0.0400. The molecule has 1 fully saturated rings. The van der Waals surface area contributed by atoms with Gasteiger partial charge in [-0.3, -0.25) is 35.1 Å². The number of nitrogens with one attached hydrogen (secondary N) is 1. The van der Waals surface area contributed by atoms with E-state index in [4.69, 9.17) is 4.74 Å². The number of ether oxygens (including phenoxy) is 2. The molecule has 14 nitrogen and oxygen atoms in total. The van der Waals surface area contributed by atoms with E-state index in [0.717, 1.165) is 23.1 Å². The van der Waals surface area contributed by atoms with Crippen molar-refractivity contribution in [3.63, 3.8) is 0 Å². The Bertz CT molecular complexity index is 1630. The highest BCUT2D eigenvalue weighted by Crippen LogP contribution is 2.37. The number of hydrogen-bond acceptors (Lipinski definition) is 10. The molecule has 0 saturated carbocycles. The normalized spacial score (nSPS) is 14.1. The van der Waals surface area contributed by atoms with Gasteiger partial charge in [0.15, 0.2) is 0 Å². The van der Waals surface area contributed by atoms with Crippen molar-refractivity contribution in [1.29, 1.82) is 0 Å². The van der Waals surface area contributed by atoms with Gasteiger partial charge in [-0.1, -0.05) is 6.07 Å². The number of nitro groups is 2. The van der Waals surface area contributed by atoms with Crippen LogP contribution in [0.15, 0.2) is 70.7 Å². The van der Waals surface area contributed by atoms with Gasteiger partial charge in [0.05, 0.1) is 38.7 Å². The van der Waals surface area contributed by atoms with Crippen LogP contribution in [0.5, 0.6) is 11.5 Å². The van der Waals surface area contributed by atoms with Crippen LogP contribution in [0.2, 0.25) is 0 Å². The number of imide groups is 2. The van der Waals surface area contributed by atoms with Crippen molar-refractivity contribution in [2.75, 3.05) is 12.0 Å². The zero-order valence-corrected chi connectivity index (χ0v) is 21.7. The molecule has 0 aromatic heterocycles. The number of hydrogen-bond donors (Lipinski definition) is 1. The van der Waals surface area contributed by atoms with Gasteiger partial charge in [-0.15, -0.1) is 0 Å². The number of halogens is 1. The number of nitrogens with zero attached hydrogens (tertiary/aromatic N) is 3. The molecule has 0 radical (unpaired) electrons. The summed E-state index contributed by atoms with van der Waals surface area (Å²) in [6.07, 6.45) is 1.22. The van der Waals surface area contributed by atoms with E-state index in [1.807, 2.05) is 0 Å². The number of methoxy groups -OCH3 is 1. The number of non-ortho nitro benzene ring substituents is 1. The molecule has 1 aliphatic heterocycles. The zero-order chi connectivity index (χ0) is 29.1. The minimum absolute atomic E-state index is 0.0982. The molecule has 3 aromatic rings. The molecule has 15 heteroatoms. The third-order valence-electron chi connectivity index (χ3n) is 5.49. The number of carbonyl (C=O) groups excluding carboxylic acids is 4. The van der Waals surface area contributed by atoms with Crippen LogP contribution < -0.4 is 15.0 Å². The molecule has 202 valence electrons. The first-order valence-corrected chi connectivity index (χ1v) is 11.8. The number of benzene rings is 3. The monoisotopic (exact) mass is 610 g/mol. The van der Waals surface area contributed by atoms with Gasteiger partial charge in [0.25, 0.3) is 17.5 Å². The Morgan fingerprint density at radius 3 is 2.23 bits per heavy atom. The van der Waals surface area contributed by atoms with E-state index in [1.165, 1.54) is 55.7 Å². The molecule has 0 unspecified atom stereocenters. The predicted octanol–water partition coefficient (Wildman–Crippen LogP) is 4.51. The van der Waals surface area contributed by atoms with Gasteiger partial charge in [-0.25, -0.2) is 14.5 Å². The summed E-state index contributed by atoms with van der Waals surface area (Å²) in [5.41, 5.74) is -0.865. The van der Waals surface area contributed by atoms with Crippen LogP contribution in [0.4, 0.5) is 21.9 Å². The van der Waals surface area contributed by atoms with Gasteiger partial charge >= 0.3 is 17.7 Å². The Balaban J connectivity index is 1.61. The summed E-state index contributed by atoms with van der Waals surface area (Å²) < 4.78 is 10.5. The molecular formula is C25H15BrN4O10. The van der Waals surface area contributed by atoms with E-state index < -0.39 is 45.0 Å². The summed E-state index contributed by atoms with van der Waals surface area (Å²) in [7, 11) is 1.21. The lowest BCUT2D eigenvalue weighted by Gasteiger charge is -2.26. The van der Waals surface area contributed by atoms with Crippen LogP contribution in [-0.4, -0.2) is 40.8 Å². The molecule has 1 saturated heterocycles. The number of urea groups is 1. The lowest BCUT2D eigenvalue weighted by Crippen LogP contribution is -2.54. The number of barbiturate groups is 1. The van der Waals surface area contributed by atoms with Gasteiger partial charge in [0.1, 0.15) is 11.3 Å². The second-order valence-corrected chi connectivity index (χ2v) is 8.81. The van der Waals surface area contributed by atoms with Crippen molar-refractivity contribution in [3.05, 3.63) is 102 Å². The average Bonchev–Trinajstić information content (AvgIpc) is 2.92. The summed E-state index contributed by atoms with van der Waals surface area (Å²) in [5, 5.41) is 24.4. The lowest BCUT2D eigenvalue weighted by molar-refractivity contribution is -0.394. The quantitative estimate of drug-likeness (QED) is 0.131. The van der Waals surface area contributed by atoms with Gasteiger partial charge in [-0.05, 0) is 70.0 Å². The predicted molar refractivity (Wildman–Crippen MR) is 141 cm³/mol. The van der Waals surface area contributed by atoms with E-state index >= 15 is 0 Å². The van der Waals surface area contributed by atoms with Crippen molar-refractivity contribution in [3.8, 4) is 11.5 Å². The van der Waals surface area contributed by atoms with E-state index in [2.05, 4.69) is 26.0 Å². The fourth-order valence-corrected chi connectivity index (χ4v) is 4.06. The Hall–Kier alpha value is -5.44. The number of nitro benzene ring substituents is 2. The van der Waals surface area contributed by atoms with Gasteiger partial charge < -0.3 is 9.47 Å². The standard InChI is InChI=1S/C25H15BrN4O10/c1-39-24(33)14-3-5-15(6-4-14)28-23(32)17(22(31)27-25(28)34)10-13-2-8-20(18(26)11-13)40-21-9-7-16(29(35)36)12-19(21)30(37)38/h2-12H,1H3,(H,27,31,34)/b17-10+. The number of esters is 1. The first-order chi connectivity index (χ1) is 19.0. The highest BCUT2D eigenvalue weighted by atomic mass is 79.9. The number of carbonyl (C=O) groups is 4. The lowest BCUT2D eigenvalue weighted by atomic mass is 10.1. The number of amides is 4. The largest absolute Gasteiger partial charge is 0.465 e. The van der Waals surface area contributed by atoms with Gasteiger partial charge in [-0.2, -0.15) is 0 Å². The fourth-order valence-electron chi connectivity index (χ4n) is 3.58. The van der Waals surface area contributed by atoms with Crippen molar-refractivity contribution >= 4 is 62.9 Å². The summed E-state index contributed by atoms with van der Waals surface area (Å²) in [5.74, 6) is -2.62. The van der Waals surface area contributed by atoms with Gasteiger partial charge in [0.2, 0.25) is 5.75 Å². The van der Waals surface area contributed by atoms with Crippen molar-refractivity contribution in [1.82, 2.24) is 5.32 Å². The maximum absolute atomic E-state index is 13.1. The molecule has 3 aromatic carbocycles. The van der Waals surface area contributed by atoms with Crippen LogP contribution in [0.25, 0.3) is 6.08 Å². The summed E-state index contributed by atoms with van der Waals surface area (Å²) >= 11 is 3.26. The summed E-state index contributed by atoms with van der Waals surface area (Å²) in [6.45, 7) is 0. The molecule has 0 spiro atoms.